The van der Waals surface area contributed by atoms with Crippen LogP contribution in [-0.4, -0.2) is 24.0 Å². The van der Waals surface area contributed by atoms with Gasteiger partial charge in [-0.3, -0.25) is 4.79 Å². The zero-order valence-electron chi connectivity index (χ0n) is 11.9. The first kappa shape index (κ1) is 14.1. The summed E-state index contributed by atoms with van der Waals surface area (Å²) in [6.45, 7) is 4.98. The van der Waals surface area contributed by atoms with Crippen LogP contribution in [0.1, 0.15) is 45.3 Å². The van der Waals surface area contributed by atoms with Gasteiger partial charge in [0.15, 0.2) is 0 Å². The molecule has 2 unspecified atom stereocenters. The second-order valence-electron chi connectivity index (χ2n) is 5.71. The number of carbonyl (C=O) groups is 1. The first-order valence-corrected chi connectivity index (χ1v) is 7.18. The minimum Gasteiger partial charge on any atom is -0.469 e. The lowest BCUT2D eigenvalue weighted by Crippen LogP contribution is -2.58. The summed E-state index contributed by atoms with van der Waals surface area (Å²) in [5.74, 6) is 1.10. The highest BCUT2D eigenvalue weighted by Gasteiger charge is 2.34. The molecule has 0 radical (unpaired) electrons. The van der Waals surface area contributed by atoms with Crippen molar-refractivity contribution < 1.29 is 9.21 Å². The van der Waals surface area contributed by atoms with Crippen molar-refractivity contribution in [2.75, 3.05) is 6.54 Å². The molecule has 1 aliphatic rings. The van der Waals surface area contributed by atoms with Crippen molar-refractivity contribution >= 4 is 5.91 Å². The van der Waals surface area contributed by atoms with E-state index in [1.165, 1.54) is 0 Å². The van der Waals surface area contributed by atoms with Crippen molar-refractivity contribution in [2.24, 2.45) is 0 Å². The average molecular weight is 264 g/mol. The molecular formula is C15H24N2O2. The Kier molecular flexibility index (Phi) is 4.64. The van der Waals surface area contributed by atoms with Gasteiger partial charge in [0.05, 0.1) is 11.8 Å². The van der Waals surface area contributed by atoms with Crippen molar-refractivity contribution in [2.45, 2.75) is 57.5 Å². The van der Waals surface area contributed by atoms with Gasteiger partial charge in [-0.1, -0.05) is 0 Å². The van der Waals surface area contributed by atoms with E-state index >= 15 is 0 Å². The number of hydrogen-bond acceptors (Lipinski definition) is 3. The van der Waals surface area contributed by atoms with Crippen molar-refractivity contribution in [3.05, 3.63) is 24.2 Å². The Balaban J connectivity index is 1.77. The lowest BCUT2D eigenvalue weighted by molar-refractivity contribution is -0.128. The molecule has 4 heteroatoms. The fourth-order valence-corrected chi connectivity index (χ4v) is 2.52. The predicted molar refractivity (Wildman–Crippen MR) is 74.9 cm³/mol. The molecule has 0 bridgehead atoms. The summed E-state index contributed by atoms with van der Waals surface area (Å²) in [6.07, 6.45) is 6.65. The lowest BCUT2D eigenvalue weighted by atomic mass is 9.89. The molecule has 2 atom stereocenters. The zero-order valence-corrected chi connectivity index (χ0v) is 11.9. The quantitative estimate of drug-likeness (QED) is 0.857. The van der Waals surface area contributed by atoms with Gasteiger partial charge in [-0.2, -0.15) is 0 Å². The molecule has 0 aromatic carbocycles. The highest BCUT2D eigenvalue weighted by molar-refractivity contribution is 5.86. The van der Waals surface area contributed by atoms with Crippen LogP contribution in [0, 0.1) is 0 Å². The monoisotopic (exact) mass is 264 g/mol. The van der Waals surface area contributed by atoms with Crippen LogP contribution in [0.4, 0.5) is 0 Å². The summed E-state index contributed by atoms with van der Waals surface area (Å²) in [6, 6.07) is 4.03. The minimum absolute atomic E-state index is 0.124. The van der Waals surface area contributed by atoms with E-state index in [0.717, 1.165) is 44.4 Å². The molecule has 2 heterocycles. The van der Waals surface area contributed by atoms with Crippen LogP contribution < -0.4 is 10.6 Å². The molecule has 0 saturated carbocycles. The maximum absolute atomic E-state index is 12.3. The van der Waals surface area contributed by atoms with E-state index in [4.69, 9.17) is 4.42 Å². The molecule has 2 rings (SSSR count). The van der Waals surface area contributed by atoms with E-state index in [1.807, 2.05) is 26.0 Å². The SMILES string of the molecule is CC(CCc1ccco1)NC(=O)C1(C)CCCCN1. The Morgan fingerprint density at radius 2 is 2.42 bits per heavy atom. The third kappa shape index (κ3) is 3.83. The number of rotatable bonds is 5. The fourth-order valence-electron chi connectivity index (χ4n) is 2.52. The van der Waals surface area contributed by atoms with Crippen molar-refractivity contribution in [1.29, 1.82) is 0 Å². The number of amides is 1. The largest absolute Gasteiger partial charge is 0.469 e. The summed E-state index contributed by atoms with van der Waals surface area (Å²) < 4.78 is 5.30. The molecule has 1 amide bonds. The third-order valence-electron chi connectivity index (χ3n) is 3.90. The van der Waals surface area contributed by atoms with Crippen molar-refractivity contribution in [3.63, 3.8) is 0 Å². The van der Waals surface area contributed by atoms with E-state index in [9.17, 15) is 4.79 Å². The first-order valence-electron chi connectivity index (χ1n) is 7.18. The Bertz CT molecular complexity index is 394. The van der Waals surface area contributed by atoms with Gasteiger partial charge in [-0.25, -0.2) is 0 Å². The Labute approximate surface area is 114 Å². The molecular weight excluding hydrogens is 240 g/mol. The third-order valence-corrected chi connectivity index (χ3v) is 3.90. The normalized spacial score (nSPS) is 24.9. The smallest absolute Gasteiger partial charge is 0.240 e. The van der Waals surface area contributed by atoms with Gasteiger partial charge < -0.3 is 15.1 Å². The summed E-state index contributed by atoms with van der Waals surface area (Å²) in [7, 11) is 0. The Morgan fingerprint density at radius 1 is 1.58 bits per heavy atom. The number of furan rings is 1. The van der Waals surface area contributed by atoms with E-state index in [-0.39, 0.29) is 11.9 Å². The summed E-state index contributed by atoms with van der Waals surface area (Å²) in [5.41, 5.74) is -0.392. The topological polar surface area (TPSA) is 54.3 Å². The molecule has 4 nitrogen and oxygen atoms in total. The van der Waals surface area contributed by atoms with E-state index in [1.54, 1.807) is 6.26 Å². The second kappa shape index (κ2) is 6.24. The standard InChI is InChI=1S/C15H24N2O2/c1-12(7-8-13-6-5-11-19-13)17-14(18)15(2)9-3-4-10-16-15/h5-6,11-12,16H,3-4,7-10H2,1-2H3,(H,17,18). The van der Waals surface area contributed by atoms with E-state index < -0.39 is 5.54 Å². The molecule has 1 saturated heterocycles. The molecule has 106 valence electrons. The Morgan fingerprint density at radius 3 is 3.05 bits per heavy atom. The molecule has 1 aromatic heterocycles. The van der Waals surface area contributed by atoms with Crippen LogP contribution in [0.3, 0.4) is 0 Å². The highest BCUT2D eigenvalue weighted by atomic mass is 16.3. The molecule has 0 aliphatic carbocycles. The summed E-state index contributed by atoms with van der Waals surface area (Å²) in [5, 5.41) is 6.45. The van der Waals surface area contributed by atoms with Crippen LogP contribution in [0.25, 0.3) is 0 Å². The van der Waals surface area contributed by atoms with Crippen LogP contribution in [0.15, 0.2) is 22.8 Å². The van der Waals surface area contributed by atoms with E-state index in [0.29, 0.717) is 0 Å². The fraction of sp³-hybridized carbons (Fsp3) is 0.667. The van der Waals surface area contributed by atoms with Crippen LogP contribution in [-0.2, 0) is 11.2 Å². The average Bonchev–Trinajstić information content (AvgIpc) is 2.90. The number of aryl methyl sites for hydroxylation is 1. The van der Waals surface area contributed by atoms with Crippen molar-refractivity contribution in [1.82, 2.24) is 10.6 Å². The van der Waals surface area contributed by atoms with Gasteiger partial charge in [0, 0.05) is 12.5 Å². The molecule has 19 heavy (non-hydrogen) atoms. The minimum atomic E-state index is -0.392. The van der Waals surface area contributed by atoms with Crippen LogP contribution >= 0.6 is 0 Å². The van der Waals surface area contributed by atoms with Crippen LogP contribution in [0.5, 0.6) is 0 Å². The van der Waals surface area contributed by atoms with Crippen molar-refractivity contribution in [3.8, 4) is 0 Å². The highest BCUT2D eigenvalue weighted by Crippen LogP contribution is 2.19. The van der Waals surface area contributed by atoms with Gasteiger partial charge in [0.1, 0.15) is 5.76 Å². The maximum atomic E-state index is 12.3. The van der Waals surface area contributed by atoms with Gasteiger partial charge in [-0.15, -0.1) is 0 Å². The van der Waals surface area contributed by atoms with E-state index in [2.05, 4.69) is 10.6 Å². The number of nitrogens with one attached hydrogen (secondary N) is 2. The Hall–Kier alpha value is -1.29. The van der Waals surface area contributed by atoms with Gasteiger partial charge in [0.25, 0.3) is 0 Å². The van der Waals surface area contributed by atoms with Crippen LogP contribution in [0.2, 0.25) is 0 Å². The zero-order chi connectivity index (χ0) is 13.7. The lowest BCUT2D eigenvalue weighted by Gasteiger charge is -2.34. The molecule has 1 aromatic rings. The molecule has 1 aliphatic heterocycles. The second-order valence-corrected chi connectivity index (χ2v) is 5.71. The molecule has 0 spiro atoms. The van der Waals surface area contributed by atoms with Gasteiger partial charge >= 0.3 is 0 Å². The molecule has 1 fully saturated rings. The maximum Gasteiger partial charge on any atom is 0.240 e. The van der Waals surface area contributed by atoms with Gasteiger partial charge in [0.2, 0.25) is 5.91 Å². The van der Waals surface area contributed by atoms with Gasteiger partial charge in [-0.05, 0) is 58.2 Å². The number of carbonyl (C=O) groups excluding carboxylic acids is 1. The first-order chi connectivity index (χ1) is 9.10. The molecule has 2 N–H and O–H groups in total. The summed E-state index contributed by atoms with van der Waals surface area (Å²) >= 11 is 0. The number of piperidine rings is 1. The summed E-state index contributed by atoms with van der Waals surface area (Å²) in [4.78, 5) is 12.3. The number of hydrogen-bond donors (Lipinski definition) is 2. The predicted octanol–water partition coefficient (Wildman–Crippen LogP) is 2.25.